The van der Waals surface area contributed by atoms with E-state index in [0.717, 1.165) is 5.56 Å². The average molecular weight is 232 g/mol. The second-order valence-corrected chi connectivity index (χ2v) is 3.92. The Bertz CT molecular complexity index is 403. The summed E-state index contributed by atoms with van der Waals surface area (Å²) in [5.41, 5.74) is 6.55. The number of rotatable bonds is 3. The van der Waals surface area contributed by atoms with Crippen molar-refractivity contribution in [1.82, 2.24) is 4.90 Å². The summed E-state index contributed by atoms with van der Waals surface area (Å²) in [6, 6.07) is 9.59. The minimum Gasteiger partial charge on any atom is -0.445 e. The molecule has 0 spiro atoms. The Morgan fingerprint density at radius 2 is 2.18 bits per heavy atom. The SMILES string of the molecule is NCC1C=CCN1C(=O)OCc1ccccc1. The molecule has 1 amide bonds. The number of ether oxygens (including phenoxy) is 1. The largest absolute Gasteiger partial charge is 0.445 e. The summed E-state index contributed by atoms with van der Waals surface area (Å²) in [7, 11) is 0. The zero-order valence-corrected chi connectivity index (χ0v) is 9.58. The van der Waals surface area contributed by atoms with E-state index in [0.29, 0.717) is 19.7 Å². The first-order chi connectivity index (χ1) is 8.31. The molecule has 1 aliphatic heterocycles. The number of carbonyl (C=O) groups is 1. The molecule has 2 rings (SSSR count). The van der Waals surface area contributed by atoms with E-state index in [1.807, 2.05) is 42.5 Å². The molecule has 0 fully saturated rings. The zero-order valence-electron chi connectivity index (χ0n) is 9.58. The van der Waals surface area contributed by atoms with Crippen molar-refractivity contribution in [2.45, 2.75) is 12.6 Å². The maximum Gasteiger partial charge on any atom is 0.410 e. The molecule has 0 bridgehead atoms. The Kier molecular flexibility index (Phi) is 3.77. The summed E-state index contributed by atoms with van der Waals surface area (Å²) in [6.45, 7) is 1.31. The summed E-state index contributed by atoms with van der Waals surface area (Å²) < 4.78 is 5.24. The number of carbonyl (C=O) groups excluding carboxylic acids is 1. The molecule has 0 saturated heterocycles. The molecule has 0 radical (unpaired) electrons. The predicted octanol–water partition coefficient (Wildman–Crippen LogP) is 1.52. The number of benzene rings is 1. The van der Waals surface area contributed by atoms with Gasteiger partial charge in [0, 0.05) is 13.1 Å². The smallest absolute Gasteiger partial charge is 0.410 e. The molecule has 1 unspecified atom stereocenters. The van der Waals surface area contributed by atoms with Crippen molar-refractivity contribution in [2.24, 2.45) is 5.73 Å². The van der Waals surface area contributed by atoms with E-state index < -0.39 is 0 Å². The summed E-state index contributed by atoms with van der Waals surface area (Å²) in [6.07, 6.45) is 3.56. The highest BCUT2D eigenvalue weighted by Crippen LogP contribution is 2.11. The van der Waals surface area contributed by atoms with Gasteiger partial charge in [0.05, 0.1) is 6.04 Å². The molecule has 2 N–H and O–H groups in total. The van der Waals surface area contributed by atoms with Gasteiger partial charge in [-0.1, -0.05) is 42.5 Å². The van der Waals surface area contributed by atoms with Gasteiger partial charge in [-0.2, -0.15) is 0 Å². The van der Waals surface area contributed by atoms with Crippen molar-refractivity contribution < 1.29 is 9.53 Å². The molecule has 0 aromatic heterocycles. The maximum atomic E-state index is 11.8. The Balaban J connectivity index is 1.86. The lowest BCUT2D eigenvalue weighted by Gasteiger charge is -2.22. The van der Waals surface area contributed by atoms with Gasteiger partial charge in [-0.05, 0) is 5.56 Å². The molecule has 1 aromatic carbocycles. The Labute approximate surface area is 101 Å². The highest BCUT2D eigenvalue weighted by Gasteiger charge is 2.24. The molecule has 1 heterocycles. The topological polar surface area (TPSA) is 55.6 Å². The molecule has 4 heteroatoms. The van der Waals surface area contributed by atoms with E-state index in [4.69, 9.17) is 10.5 Å². The van der Waals surface area contributed by atoms with Crippen LogP contribution in [0, 0.1) is 0 Å². The first-order valence-electron chi connectivity index (χ1n) is 5.65. The van der Waals surface area contributed by atoms with Gasteiger partial charge in [-0.3, -0.25) is 4.90 Å². The van der Waals surface area contributed by atoms with Crippen molar-refractivity contribution in [2.75, 3.05) is 13.1 Å². The fourth-order valence-corrected chi connectivity index (χ4v) is 1.79. The number of amides is 1. The molecule has 0 saturated carbocycles. The van der Waals surface area contributed by atoms with Crippen molar-refractivity contribution in [3.8, 4) is 0 Å². The molecule has 17 heavy (non-hydrogen) atoms. The number of hydrogen-bond acceptors (Lipinski definition) is 3. The van der Waals surface area contributed by atoms with Gasteiger partial charge in [-0.25, -0.2) is 4.79 Å². The van der Waals surface area contributed by atoms with Crippen LogP contribution in [0.5, 0.6) is 0 Å². The second-order valence-electron chi connectivity index (χ2n) is 3.92. The average Bonchev–Trinajstić information content (AvgIpc) is 2.85. The van der Waals surface area contributed by atoms with E-state index in [-0.39, 0.29) is 12.1 Å². The summed E-state index contributed by atoms with van der Waals surface area (Å²) in [5, 5.41) is 0. The van der Waals surface area contributed by atoms with Crippen LogP contribution in [0.1, 0.15) is 5.56 Å². The van der Waals surface area contributed by atoms with Crippen LogP contribution in [0.4, 0.5) is 4.79 Å². The van der Waals surface area contributed by atoms with Crippen LogP contribution >= 0.6 is 0 Å². The Morgan fingerprint density at radius 1 is 1.41 bits per heavy atom. The molecular formula is C13H16N2O2. The second kappa shape index (κ2) is 5.50. The van der Waals surface area contributed by atoms with Crippen LogP contribution in [-0.2, 0) is 11.3 Å². The minimum absolute atomic E-state index is 0.0294. The lowest BCUT2D eigenvalue weighted by molar-refractivity contribution is 0.0958. The standard InChI is InChI=1S/C13H16N2O2/c14-9-12-7-4-8-15(12)13(16)17-10-11-5-2-1-3-6-11/h1-7,12H,8-10,14H2. The Hall–Kier alpha value is -1.81. The third-order valence-electron chi connectivity index (χ3n) is 2.74. The molecule has 1 atom stereocenters. The van der Waals surface area contributed by atoms with Gasteiger partial charge in [0.25, 0.3) is 0 Å². The Morgan fingerprint density at radius 3 is 2.88 bits per heavy atom. The molecular weight excluding hydrogens is 216 g/mol. The lowest BCUT2D eigenvalue weighted by atomic mass is 10.2. The van der Waals surface area contributed by atoms with Gasteiger partial charge in [0.15, 0.2) is 0 Å². The first-order valence-corrected chi connectivity index (χ1v) is 5.65. The molecule has 1 aliphatic rings. The number of nitrogens with zero attached hydrogens (tertiary/aromatic N) is 1. The van der Waals surface area contributed by atoms with Crippen LogP contribution in [0.2, 0.25) is 0 Å². The van der Waals surface area contributed by atoms with Crippen LogP contribution < -0.4 is 5.73 Å². The quantitative estimate of drug-likeness (QED) is 0.804. The van der Waals surface area contributed by atoms with Gasteiger partial charge in [-0.15, -0.1) is 0 Å². The van der Waals surface area contributed by atoms with Crippen molar-refractivity contribution in [1.29, 1.82) is 0 Å². The summed E-state index contributed by atoms with van der Waals surface area (Å²) in [5.74, 6) is 0. The molecule has 0 aliphatic carbocycles. The van der Waals surface area contributed by atoms with E-state index in [2.05, 4.69) is 0 Å². The molecule has 1 aromatic rings. The third-order valence-corrected chi connectivity index (χ3v) is 2.74. The normalized spacial score (nSPS) is 18.4. The fraction of sp³-hybridized carbons (Fsp3) is 0.308. The number of nitrogens with two attached hydrogens (primary N) is 1. The summed E-state index contributed by atoms with van der Waals surface area (Å²) in [4.78, 5) is 13.4. The van der Waals surface area contributed by atoms with E-state index in [1.54, 1.807) is 4.90 Å². The predicted molar refractivity (Wildman–Crippen MR) is 65.3 cm³/mol. The van der Waals surface area contributed by atoms with E-state index in [9.17, 15) is 4.79 Å². The van der Waals surface area contributed by atoms with Crippen molar-refractivity contribution in [3.63, 3.8) is 0 Å². The van der Waals surface area contributed by atoms with Gasteiger partial charge < -0.3 is 10.5 Å². The molecule has 90 valence electrons. The fourth-order valence-electron chi connectivity index (χ4n) is 1.79. The van der Waals surface area contributed by atoms with E-state index in [1.165, 1.54) is 0 Å². The number of hydrogen-bond donors (Lipinski definition) is 1. The molecule has 4 nitrogen and oxygen atoms in total. The monoisotopic (exact) mass is 232 g/mol. The van der Waals surface area contributed by atoms with Gasteiger partial charge >= 0.3 is 6.09 Å². The summed E-state index contributed by atoms with van der Waals surface area (Å²) >= 11 is 0. The minimum atomic E-state index is -0.311. The first kappa shape index (κ1) is 11.7. The maximum absolute atomic E-state index is 11.8. The third kappa shape index (κ3) is 2.85. The van der Waals surface area contributed by atoms with Crippen LogP contribution in [-0.4, -0.2) is 30.1 Å². The van der Waals surface area contributed by atoms with Gasteiger partial charge in [0.1, 0.15) is 6.61 Å². The lowest BCUT2D eigenvalue weighted by Crippen LogP contribution is -2.40. The highest BCUT2D eigenvalue weighted by atomic mass is 16.6. The zero-order chi connectivity index (χ0) is 12.1. The van der Waals surface area contributed by atoms with Crippen LogP contribution in [0.25, 0.3) is 0 Å². The van der Waals surface area contributed by atoms with Crippen molar-refractivity contribution >= 4 is 6.09 Å². The van der Waals surface area contributed by atoms with Crippen LogP contribution in [0.3, 0.4) is 0 Å². The highest BCUT2D eigenvalue weighted by molar-refractivity contribution is 5.69. The van der Waals surface area contributed by atoms with E-state index >= 15 is 0 Å². The van der Waals surface area contributed by atoms with Crippen LogP contribution in [0.15, 0.2) is 42.5 Å². The van der Waals surface area contributed by atoms with Gasteiger partial charge in [0.2, 0.25) is 0 Å². The van der Waals surface area contributed by atoms with Crippen molar-refractivity contribution in [3.05, 3.63) is 48.0 Å².